The first-order chi connectivity index (χ1) is 10.1. The van der Waals surface area contributed by atoms with Crippen molar-refractivity contribution in [1.29, 1.82) is 0 Å². The molecule has 0 fully saturated rings. The van der Waals surface area contributed by atoms with E-state index in [1.54, 1.807) is 25.1 Å². The number of carbonyl (C=O) groups is 1. The molecule has 0 aromatic heterocycles. The Balaban J connectivity index is 2.18. The Morgan fingerprint density at radius 3 is 2.71 bits per heavy atom. The van der Waals surface area contributed by atoms with E-state index in [0.717, 1.165) is 11.1 Å². The lowest BCUT2D eigenvalue weighted by atomic mass is 10.0. The van der Waals surface area contributed by atoms with Crippen molar-refractivity contribution in [2.45, 2.75) is 13.0 Å². The van der Waals surface area contributed by atoms with Crippen LogP contribution in [0.2, 0.25) is 5.02 Å². The molecule has 4 nitrogen and oxygen atoms in total. The summed E-state index contributed by atoms with van der Waals surface area (Å²) < 4.78 is 0. The summed E-state index contributed by atoms with van der Waals surface area (Å²) in [7, 11) is 0. The van der Waals surface area contributed by atoms with E-state index in [1.807, 2.05) is 30.3 Å². The third-order valence-electron chi connectivity index (χ3n) is 3.21. The summed E-state index contributed by atoms with van der Waals surface area (Å²) in [4.78, 5) is 17.2. The number of nitrogens with one attached hydrogen (secondary N) is 1. The molecule has 0 radical (unpaired) electrons. The molecule has 5 heteroatoms. The summed E-state index contributed by atoms with van der Waals surface area (Å²) in [5, 5.41) is 7.57. The second kappa shape index (κ2) is 5.58. The van der Waals surface area contributed by atoms with Crippen molar-refractivity contribution in [3.8, 4) is 0 Å². The first-order valence-electron chi connectivity index (χ1n) is 6.55. The van der Waals surface area contributed by atoms with Crippen molar-refractivity contribution in [2.75, 3.05) is 5.32 Å². The second-order valence-electron chi connectivity index (χ2n) is 4.73. The molecule has 1 amide bonds. The van der Waals surface area contributed by atoms with Crippen molar-refractivity contribution in [3.05, 3.63) is 64.7 Å². The summed E-state index contributed by atoms with van der Waals surface area (Å²) in [5.41, 5.74) is 2.93. The standard InChI is InChI=1S/C16H13ClN2O2/c1-10-16(20)18-14-8-7-12(17)9-13(14)15(19-21-10)11-5-3-2-4-6-11/h2-10H,1H3,(H,18,20)/b19-15-. The van der Waals surface area contributed by atoms with Gasteiger partial charge in [-0.15, -0.1) is 0 Å². The smallest absolute Gasteiger partial charge is 0.268 e. The Labute approximate surface area is 127 Å². The summed E-state index contributed by atoms with van der Waals surface area (Å²) in [6.45, 7) is 1.66. The Bertz CT molecular complexity index is 713. The van der Waals surface area contributed by atoms with Gasteiger partial charge >= 0.3 is 0 Å². The topological polar surface area (TPSA) is 50.7 Å². The Morgan fingerprint density at radius 2 is 1.95 bits per heavy atom. The van der Waals surface area contributed by atoms with Crippen LogP contribution in [0.4, 0.5) is 5.69 Å². The SMILES string of the molecule is CC1O/N=C(/c2ccccc2)c2cc(Cl)ccc2NC1=O. The van der Waals surface area contributed by atoms with Crippen molar-refractivity contribution in [3.63, 3.8) is 0 Å². The number of hydrogen-bond donors (Lipinski definition) is 1. The van der Waals surface area contributed by atoms with Crippen LogP contribution in [0.15, 0.2) is 53.7 Å². The van der Waals surface area contributed by atoms with Gasteiger partial charge in [-0.3, -0.25) is 4.79 Å². The number of benzene rings is 2. The zero-order valence-corrected chi connectivity index (χ0v) is 12.1. The number of anilines is 1. The molecule has 0 spiro atoms. The summed E-state index contributed by atoms with van der Waals surface area (Å²) >= 11 is 6.08. The largest absolute Gasteiger partial charge is 0.382 e. The van der Waals surface area contributed by atoms with E-state index >= 15 is 0 Å². The Morgan fingerprint density at radius 1 is 1.19 bits per heavy atom. The van der Waals surface area contributed by atoms with E-state index in [1.165, 1.54) is 0 Å². The van der Waals surface area contributed by atoms with E-state index in [0.29, 0.717) is 16.4 Å². The molecule has 1 heterocycles. The lowest BCUT2D eigenvalue weighted by Crippen LogP contribution is -2.29. The van der Waals surface area contributed by atoms with Crippen LogP contribution in [-0.2, 0) is 9.63 Å². The number of amides is 1. The summed E-state index contributed by atoms with van der Waals surface area (Å²) in [5.74, 6) is -0.241. The van der Waals surface area contributed by atoms with Crippen LogP contribution >= 0.6 is 11.6 Å². The van der Waals surface area contributed by atoms with Gasteiger partial charge in [-0.2, -0.15) is 0 Å². The third-order valence-corrected chi connectivity index (χ3v) is 3.45. The molecule has 3 rings (SSSR count). The number of fused-ring (bicyclic) bond motifs is 1. The normalized spacial score (nSPS) is 20.2. The van der Waals surface area contributed by atoms with Gasteiger partial charge in [0.25, 0.3) is 5.91 Å². The number of hydrogen-bond acceptors (Lipinski definition) is 3. The van der Waals surface area contributed by atoms with Crippen molar-refractivity contribution >= 4 is 28.9 Å². The third kappa shape index (κ3) is 2.76. The van der Waals surface area contributed by atoms with Gasteiger partial charge in [0.15, 0.2) is 0 Å². The highest BCUT2D eigenvalue weighted by atomic mass is 35.5. The van der Waals surface area contributed by atoms with Crippen LogP contribution in [-0.4, -0.2) is 17.7 Å². The highest BCUT2D eigenvalue weighted by Crippen LogP contribution is 2.26. The van der Waals surface area contributed by atoms with Gasteiger partial charge in [0.1, 0.15) is 5.71 Å². The van der Waals surface area contributed by atoms with Gasteiger partial charge < -0.3 is 10.2 Å². The summed E-state index contributed by atoms with van der Waals surface area (Å²) in [6, 6.07) is 14.9. The predicted octanol–water partition coefficient (Wildman–Crippen LogP) is 3.45. The maximum atomic E-state index is 11.9. The van der Waals surface area contributed by atoms with Gasteiger partial charge in [-0.05, 0) is 25.1 Å². The fraction of sp³-hybridized carbons (Fsp3) is 0.125. The zero-order valence-electron chi connectivity index (χ0n) is 11.3. The fourth-order valence-corrected chi connectivity index (χ4v) is 2.26. The first kappa shape index (κ1) is 13.6. The average Bonchev–Trinajstić information content (AvgIpc) is 2.49. The van der Waals surface area contributed by atoms with Gasteiger partial charge in [0.2, 0.25) is 6.10 Å². The molecule has 1 aliphatic rings. The highest BCUT2D eigenvalue weighted by Gasteiger charge is 2.22. The van der Waals surface area contributed by atoms with E-state index in [9.17, 15) is 4.79 Å². The number of carbonyl (C=O) groups excluding carboxylic acids is 1. The van der Waals surface area contributed by atoms with Gasteiger partial charge in [-0.25, -0.2) is 0 Å². The number of rotatable bonds is 1. The molecule has 0 saturated heterocycles. The molecule has 0 bridgehead atoms. The van der Waals surface area contributed by atoms with E-state index in [-0.39, 0.29) is 5.91 Å². The van der Waals surface area contributed by atoms with Crippen LogP contribution in [0, 0.1) is 0 Å². The fourth-order valence-electron chi connectivity index (χ4n) is 2.09. The first-order valence-corrected chi connectivity index (χ1v) is 6.93. The monoisotopic (exact) mass is 300 g/mol. The molecular formula is C16H13ClN2O2. The number of oxime groups is 1. The predicted molar refractivity (Wildman–Crippen MR) is 82.7 cm³/mol. The molecule has 2 aromatic rings. The zero-order chi connectivity index (χ0) is 14.8. The molecule has 1 aliphatic heterocycles. The second-order valence-corrected chi connectivity index (χ2v) is 5.17. The van der Waals surface area contributed by atoms with Gasteiger partial charge in [-0.1, -0.05) is 47.1 Å². The minimum absolute atomic E-state index is 0.241. The van der Waals surface area contributed by atoms with Crippen molar-refractivity contribution < 1.29 is 9.63 Å². The van der Waals surface area contributed by atoms with Gasteiger partial charge in [0.05, 0.1) is 5.69 Å². The van der Waals surface area contributed by atoms with Crippen LogP contribution in [0.25, 0.3) is 0 Å². The number of nitrogens with zero attached hydrogens (tertiary/aromatic N) is 1. The lowest BCUT2D eigenvalue weighted by molar-refractivity contribution is -0.126. The highest BCUT2D eigenvalue weighted by molar-refractivity contribution is 6.31. The minimum atomic E-state index is -0.660. The number of halogens is 1. The van der Waals surface area contributed by atoms with Crippen LogP contribution in [0.5, 0.6) is 0 Å². The lowest BCUT2D eigenvalue weighted by Gasteiger charge is -2.19. The van der Waals surface area contributed by atoms with Crippen molar-refractivity contribution in [2.24, 2.45) is 5.16 Å². The average molecular weight is 301 g/mol. The Hall–Kier alpha value is -2.33. The van der Waals surface area contributed by atoms with E-state index in [4.69, 9.17) is 16.4 Å². The molecule has 0 aliphatic carbocycles. The van der Waals surface area contributed by atoms with Gasteiger partial charge in [0, 0.05) is 16.1 Å². The van der Waals surface area contributed by atoms with Crippen LogP contribution in [0.3, 0.4) is 0 Å². The molecule has 2 aromatic carbocycles. The van der Waals surface area contributed by atoms with E-state index in [2.05, 4.69) is 10.5 Å². The minimum Gasteiger partial charge on any atom is -0.382 e. The molecular weight excluding hydrogens is 288 g/mol. The molecule has 106 valence electrons. The maximum Gasteiger partial charge on any atom is 0.268 e. The van der Waals surface area contributed by atoms with E-state index < -0.39 is 6.10 Å². The molecule has 1 atom stereocenters. The Kier molecular flexibility index (Phi) is 3.62. The quantitative estimate of drug-likeness (QED) is 0.877. The molecule has 1 N–H and O–H groups in total. The molecule has 0 saturated carbocycles. The van der Waals surface area contributed by atoms with Crippen LogP contribution in [0.1, 0.15) is 18.1 Å². The molecule has 1 unspecified atom stereocenters. The summed E-state index contributed by atoms with van der Waals surface area (Å²) in [6.07, 6.45) is -0.660. The van der Waals surface area contributed by atoms with Crippen molar-refractivity contribution in [1.82, 2.24) is 0 Å². The maximum absolute atomic E-state index is 11.9. The molecule has 21 heavy (non-hydrogen) atoms. The van der Waals surface area contributed by atoms with Crippen LogP contribution < -0.4 is 5.32 Å².